The largest absolute Gasteiger partial charge is 0.394 e. The summed E-state index contributed by atoms with van der Waals surface area (Å²) in [5, 5.41) is 13.1. The van der Waals surface area contributed by atoms with Crippen molar-refractivity contribution in [1.82, 2.24) is 10.2 Å². The summed E-state index contributed by atoms with van der Waals surface area (Å²) in [7, 11) is 2.08. The topological polar surface area (TPSA) is 35.5 Å². The van der Waals surface area contributed by atoms with E-state index in [0.717, 1.165) is 19.5 Å². The molecule has 0 spiro atoms. The first-order valence-electron chi connectivity index (χ1n) is 7.94. The van der Waals surface area contributed by atoms with E-state index in [4.69, 9.17) is 0 Å². The van der Waals surface area contributed by atoms with Crippen molar-refractivity contribution >= 4 is 0 Å². The van der Waals surface area contributed by atoms with Crippen LogP contribution in [-0.2, 0) is 0 Å². The third kappa shape index (κ3) is 5.42. The Balaban J connectivity index is 2.78. The zero-order valence-corrected chi connectivity index (χ0v) is 14.5. The molecule has 0 heterocycles. The molecule has 3 nitrogen and oxygen atoms in total. The first-order valence-corrected chi connectivity index (χ1v) is 7.94. The van der Waals surface area contributed by atoms with Crippen LogP contribution in [0.5, 0.6) is 0 Å². The Labute approximate surface area is 130 Å². The summed E-state index contributed by atoms with van der Waals surface area (Å²) in [4.78, 5) is 2.24. The van der Waals surface area contributed by atoms with Crippen LogP contribution >= 0.6 is 0 Å². The van der Waals surface area contributed by atoms with Gasteiger partial charge in [0.2, 0.25) is 0 Å². The molecule has 0 saturated carbocycles. The maximum absolute atomic E-state index is 9.47. The van der Waals surface area contributed by atoms with Crippen LogP contribution in [0.3, 0.4) is 0 Å². The monoisotopic (exact) mass is 292 g/mol. The molecule has 0 fully saturated rings. The number of hydrogen-bond acceptors (Lipinski definition) is 3. The van der Waals surface area contributed by atoms with Gasteiger partial charge in [-0.05, 0) is 53.3 Å². The number of likely N-dealkylation sites (N-methyl/N-ethyl adjacent to an activating group) is 1. The number of nitrogens with one attached hydrogen (secondary N) is 1. The Kier molecular flexibility index (Phi) is 6.85. The predicted octanol–water partition coefficient (Wildman–Crippen LogP) is 3.05. The van der Waals surface area contributed by atoms with Gasteiger partial charge in [0.05, 0.1) is 6.61 Å². The predicted molar refractivity (Wildman–Crippen MR) is 90.7 cm³/mol. The first kappa shape index (κ1) is 18.1. The minimum Gasteiger partial charge on any atom is -0.394 e. The van der Waals surface area contributed by atoms with Crippen LogP contribution in [0.15, 0.2) is 18.2 Å². The molecule has 1 aromatic carbocycles. The number of aliphatic hydroxyl groups is 1. The fourth-order valence-electron chi connectivity index (χ4n) is 2.59. The average molecular weight is 292 g/mol. The van der Waals surface area contributed by atoms with Crippen LogP contribution in [0.2, 0.25) is 0 Å². The van der Waals surface area contributed by atoms with E-state index < -0.39 is 0 Å². The lowest BCUT2D eigenvalue weighted by atomic mass is 9.97. The summed E-state index contributed by atoms with van der Waals surface area (Å²) >= 11 is 0. The van der Waals surface area contributed by atoms with Crippen LogP contribution in [-0.4, -0.2) is 42.3 Å². The van der Waals surface area contributed by atoms with Gasteiger partial charge in [-0.15, -0.1) is 0 Å². The highest BCUT2D eigenvalue weighted by Crippen LogP contribution is 2.22. The molecular weight excluding hydrogens is 260 g/mol. The second-order valence-electron chi connectivity index (χ2n) is 6.71. The highest BCUT2D eigenvalue weighted by Gasteiger charge is 2.23. The summed E-state index contributed by atoms with van der Waals surface area (Å²) < 4.78 is 0. The molecule has 0 bridgehead atoms. The van der Waals surface area contributed by atoms with Crippen LogP contribution in [0.25, 0.3) is 0 Å². The van der Waals surface area contributed by atoms with Crippen LogP contribution in [0, 0.1) is 13.8 Å². The molecule has 0 aliphatic rings. The summed E-state index contributed by atoms with van der Waals surface area (Å²) in [5.41, 5.74) is 3.83. The molecule has 0 aliphatic carbocycles. The summed E-state index contributed by atoms with van der Waals surface area (Å²) in [5.74, 6) is 0. The minimum absolute atomic E-state index is 0.167. The molecule has 1 rings (SSSR count). The zero-order chi connectivity index (χ0) is 16.0. The van der Waals surface area contributed by atoms with E-state index in [0.29, 0.717) is 6.04 Å². The van der Waals surface area contributed by atoms with Crippen LogP contribution in [0.1, 0.15) is 49.9 Å². The van der Waals surface area contributed by atoms with Gasteiger partial charge in [0.25, 0.3) is 0 Å². The molecule has 120 valence electrons. The van der Waals surface area contributed by atoms with E-state index in [1.807, 2.05) is 0 Å². The molecule has 0 aromatic heterocycles. The van der Waals surface area contributed by atoms with Crippen molar-refractivity contribution in [2.45, 2.75) is 52.6 Å². The molecule has 0 radical (unpaired) electrons. The Morgan fingerprint density at radius 3 is 2.24 bits per heavy atom. The van der Waals surface area contributed by atoms with Gasteiger partial charge in [0.1, 0.15) is 0 Å². The van der Waals surface area contributed by atoms with E-state index in [2.05, 4.69) is 70.1 Å². The Morgan fingerprint density at radius 1 is 1.19 bits per heavy atom. The molecule has 1 aromatic rings. The lowest BCUT2D eigenvalue weighted by molar-refractivity contribution is 0.0758. The van der Waals surface area contributed by atoms with Gasteiger partial charge < -0.3 is 10.4 Å². The van der Waals surface area contributed by atoms with E-state index in [-0.39, 0.29) is 12.1 Å². The Bertz CT molecular complexity index is 423. The molecule has 0 aliphatic heterocycles. The molecule has 3 heteroatoms. The van der Waals surface area contributed by atoms with Gasteiger partial charge in [-0.25, -0.2) is 0 Å². The van der Waals surface area contributed by atoms with Crippen molar-refractivity contribution in [2.75, 3.05) is 26.7 Å². The van der Waals surface area contributed by atoms with Crippen molar-refractivity contribution in [3.63, 3.8) is 0 Å². The maximum Gasteiger partial charge on any atom is 0.0609 e. The SMILES string of the molecule is CCNC(CCN(C)C(C)(C)CO)c1cc(C)cc(C)c1. The summed E-state index contributed by atoms with van der Waals surface area (Å²) in [6.07, 6.45) is 1.04. The highest BCUT2D eigenvalue weighted by atomic mass is 16.3. The number of rotatable bonds is 8. The number of hydrogen-bond donors (Lipinski definition) is 2. The first-order chi connectivity index (χ1) is 9.80. The van der Waals surface area contributed by atoms with Crippen molar-refractivity contribution in [3.05, 3.63) is 34.9 Å². The molecule has 21 heavy (non-hydrogen) atoms. The normalized spacial score (nSPS) is 13.7. The number of aryl methyl sites for hydroxylation is 2. The summed E-state index contributed by atoms with van der Waals surface area (Å²) in [6, 6.07) is 7.13. The fourth-order valence-corrected chi connectivity index (χ4v) is 2.59. The van der Waals surface area contributed by atoms with Gasteiger partial charge in [0, 0.05) is 18.1 Å². The fraction of sp³-hybridized carbons (Fsp3) is 0.667. The molecule has 0 saturated heterocycles. The number of benzene rings is 1. The lowest BCUT2D eigenvalue weighted by Gasteiger charge is -2.35. The quantitative estimate of drug-likeness (QED) is 0.773. The van der Waals surface area contributed by atoms with Crippen molar-refractivity contribution in [3.8, 4) is 0 Å². The van der Waals surface area contributed by atoms with E-state index in [9.17, 15) is 5.11 Å². The minimum atomic E-state index is -0.167. The molecule has 1 unspecified atom stereocenters. The molecule has 1 atom stereocenters. The van der Waals surface area contributed by atoms with Gasteiger partial charge in [-0.2, -0.15) is 0 Å². The van der Waals surface area contributed by atoms with E-state index in [1.54, 1.807) is 0 Å². The average Bonchev–Trinajstić information content (AvgIpc) is 2.41. The highest BCUT2D eigenvalue weighted by molar-refractivity contribution is 5.30. The maximum atomic E-state index is 9.47. The van der Waals surface area contributed by atoms with Gasteiger partial charge in [-0.3, -0.25) is 4.90 Å². The van der Waals surface area contributed by atoms with Gasteiger partial charge in [-0.1, -0.05) is 36.2 Å². The van der Waals surface area contributed by atoms with E-state index >= 15 is 0 Å². The van der Waals surface area contributed by atoms with Gasteiger partial charge >= 0.3 is 0 Å². The Hall–Kier alpha value is -0.900. The molecule has 2 N–H and O–H groups in total. The standard InChI is InChI=1S/C18H32N2O/c1-7-19-17(8-9-20(6)18(4,5)13-21)16-11-14(2)10-15(3)12-16/h10-12,17,19,21H,7-9,13H2,1-6H3. The third-order valence-corrected chi connectivity index (χ3v) is 4.27. The van der Waals surface area contributed by atoms with Crippen molar-refractivity contribution < 1.29 is 5.11 Å². The van der Waals surface area contributed by atoms with Gasteiger partial charge in [0.15, 0.2) is 0 Å². The second kappa shape index (κ2) is 7.92. The Morgan fingerprint density at radius 2 is 1.76 bits per heavy atom. The summed E-state index contributed by atoms with van der Waals surface area (Å²) in [6.45, 7) is 12.7. The number of nitrogens with zero attached hydrogens (tertiary/aromatic N) is 1. The molecular formula is C18H32N2O. The zero-order valence-electron chi connectivity index (χ0n) is 14.5. The molecule has 0 amide bonds. The van der Waals surface area contributed by atoms with Crippen molar-refractivity contribution in [2.24, 2.45) is 0 Å². The van der Waals surface area contributed by atoms with E-state index in [1.165, 1.54) is 16.7 Å². The lowest BCUT2D eigenvalue weighted by Crippen LogP contribution is -2.45. The van der Waals surface area contributed by atoms with Crippen LogP contribution < -0.4 is 5.32 Å². The third-order valence-electron chi connectivity index (χ3n) is 4.27. The van der Waals surface area contributed by atoms with Crippen LogP contribution in [0.4, 0.5) is 0 Å². The second-order valence-corrected chi connectivity index (χ2v) is 6.71. The number of aliphatic hydroxyl groups excluding tert-OH is 1. The smallest absolute Gasteiger partial charge is 0.0609 e. The van der Waals surface area contributed by atoms with Crippen molar-refractivity contribution in [1.29, 1.82) is 0 Å².